The van der Waals surface area contributed by atoms with Crippen molar-refractivity contribution in [2.75, 3.05) is 0 Å². The summed E-state index contributed by atoms with van der Waals surface area (Å²) in [4.78, 5) is 29.8. The van der Waals surface area contributed by atoms with Crippen LogP contribution in [0, 0.1) is 0 Å². The molecule has 4 nitrogen and oxygen atoms in total. The first-order valence-corrected chi connectivity index (χ1v) is 11.4. The maximum absolute atomic E-state index is 12.8. The van der Waals surface area contributed by atoms with Crippen molar-refractivity contribution in [2.24, 2.45) is 5.16 Å². The molecule has 1 aliphatic rings. The number of rotatable bonds is 10. The number of oxime groups is 1. The van der Waals surface area contributed by atoms with Gasteiger partial charge in [-0.15, -0.1) is 0 Å². The average molecular weight is 422 g/mol. The standard InChI is InChI=1S/C25H27NO3S/c1-2-3-4-6-11-21(27)18-26-29-24(28)22-12-7-8-13-23(22)25(15-9-5-10-16-25)20-14-17-30-19-20/h5,7-10,12-15,17-19H,2-4,6,11,16H2,1H3. The van der Waals surface area contributed by atoms with Crippen molar-refractivity contribution in [3.05, 3.63) is 82.1 Å². The highest BCUT2D eigenvalue weighted by Crippen LogP contribution is 2.42. The van der Waals surface area contributed by atoms with Gasteiger partial charge in [0.1, 0.15) is 6.21 Å². The molecule has 1 heterocycles. The number of nitrogens with zero attached hydrogens (tertiary/aromatic N) is 1. The second kappa shape index (κ2) is 10.8. The van der Waals surface area contributed by atoms with Gasteiger partial charge in [-0.05, 0) is 46.9 Å². The van der Waals surface area contributed by atoms with Gasteiger partial charge in [0.2, 0.25) is 0 Å². The number of carbonyl (C=O) groups is 2. The Kier molecular flexibility index (Phi) is 7.91. The van der Waals surface area contributed by atoms with E-state index in [1.54, 1.807) is 17.4 Å². The zero-order valence-electron chi connectivity index (χ0n) is 17.3. The summed E-state index contributed by atoms with van der Waals surface area (Å²) in [5.41, 5.74) is 2.04. The molecule has 2 aromatic rings. The molecule has 0 saturated carbocycles. The van der Waals surface area contributed by atoms with Crippen LogP contribution in [0.1, 0.15) is 66.9 Å². The minimum absolute atomic E-state index is 0.123. The van der Waals surface area contributed by atoms with E-state index in [2.05, 4.69) is 35.7 Å². The van der Waals surface area contributed by atoms with Gasteiger partial charge in [0.15, 0.2) is 5.78 Å². The molecule has 30 heavy (non-hydrogen) atoms. The third-order valence-corrected chi connectivity index (χ3v) is 6.02. The van der Waals surface area contributed by atoms with Gasteiger partial charge in [0, 0.05) is 11.8 Å². The molecule has 0 amide bonds. The third-order valence-electron chi connectivity index (χ3n) is 5.34. The lowest BCUT2D eigenvalue weighted by atomic mass is 9.70. The Morgan fingerprint density at radius 1 is 1.17 bits per heavy atom. The minimum atomic E-state index is -0.557. The Morgan fingerprint density at radius 3 is 2.77 bits per heavy atom. The van der Waals surface area contributed by atoms with Crippen LogP contribution in [0.25, 0.3) is 0 Å². The highest BCUT2D eigenvalue weighted by Gasteiger charge is 2.35. The number of ketones is 1. The highest BCUT2D eigenvalue weighted by molar-refractivity contribution is 7.08. The summed E-state index contributed by atoms with van der Waals surface area (Å²) in [5.74, 6) is -0.680. The van der Waals surface area contributed by atoms with Crippen molar-refractivity contribution >= 4 is 29.3 Å². The van der Waals surface area contributed by atoms with Crippen LogP contribution < -0.4 is 0 Å². The van der Waals surface area contributed by atoms with Crippen LogP contribution in [0.5, 0.6) is 0 Å². The van der Waals surface area contributed by atoms with Crippen LogP contribution in [0.4, 0.5) is 0 Å². The molecule has 3 rings (SSSR count). The van der Waals surface area contributed by atoms with Gasteiger partial charge in [-0.25, -0.2) is 4.79 Å². The SMILES string of the molecule is CCCCCCC(=O)C=NOC(=O)c1ccccc1C1(c2ccsc2)C=CC=CC1. The fourth-order valence-electron chi connectivity index (χ4n) is 3.73. The maximum Gasteiger partial charge on any atom is 0.366 e. The Labute approximate surface area is 182 Å². The predicted octanol–water partition coefficient (Wildman–Crippen LogP) is 6.23. The van der Waals surface area contributed by atoms with Crippen molar-refractivity contribution in [3.63, 3.8) is 0 Å². The van der Waals surface area contributed by atoms with Crippen molar-refractivity contribution in [2.45, 2.75) is 50.9 Å². The molecular weight excluding hydrogens is 394 g/mol. The number of carbonyl (C=O) groups excluding carboxylic acids is 2. The second-order valence-electron chi connectivity index (χ2n) is 7.41. The zero-order chi connectivity index (χ0) is 21.2. The molecule has 0 radical (unpaired) electrons. The van der Waals surface area contributed by atoms with E-state index in [0.29, 0.717) is 12.0 Å². The summed E-state index contributed by atoms with van der Waals surface area (Å²) in [6.07, 6.45) is 14.7. The molecule has 1 aliphatic carbocycles. The summed E-state index contributed by atoms with van der Waals surface area (Å²) >= 11 is 1.63. The number of thiophene rings is 1. The summed E-state index contributed by atoms with van der Waals surface area (Å²) in [7, 11) is 0. The molecule has 0 N–H and O–H groups in total. The molecule has 0 fully saturated rings. The number of unbranched alkanes of at least 4 members (excludes halogenated alkanes) is 3. The van der Waals surface area contributed by atoms with Gasteiger partial charge in [0.05, 0.1) is 5.56 Å². The van der Waals surface area contributed by atoms with Crippen LogP contribution in [0.3, 0.4) is 0 Å². The highest BCUT2D eigenvalue weighted by atomic mass is 32.1. The first kappa shape index (κ1) is 21.9. The second-order valence-corrected chi connectivity index (χ2v) is 8.19. The van der Waals surface area contributed by atoms with Crippen LogP contribution >= 0.6 is 11.3 Å². The lowest BCUT2D eigenvalue weighted by Crippen LogP contribution is -2.28. The van der Waals surface area contributed by atoms with Crippen LogP contribution in [-0.2, 0) is 15.0 Å². The van der Waals surface area contributed by atoms with Gasteiger partial charge in [-0.1, -0.05) is 73.8 Å². The lowest BCUT2D eigenvalue weighted by molar-refractivity contribution is -0.112. The predicted molar refractivity (Wildman–Crippen MR) is 122 cm³/mol. The Balaban J connectivity index is 1.76. The fourth-order valence-corrected chi connectivity index (χ4v) is 4.47. The quantitative estimate of drug-likeness (QED) is 0.198. The van der Waals surface area contributed by atoms with Gasteiger partial charge in [0.25, 0.3) is 0 Å². The number of hydrogen-bond acceptors (Lipinski definition) is 5. The van der Waals surface area contributed by atoms with E-state index >= 15 is 0 Å². The summed E-state index contributed by atoms with van der Waals surface area (Å²) < 4.78 is 0. The van der Waals surface area contributed by atoms with E-state index in [1.165, 1.54) is 0 Å². The summed E-state index contributed by atoms with van der Waals surface area (Å²) in [6.45, 7) is 2.13. The van der Waals surface area contributed by atoms with E-state index in [1.807, 2.05) is 35.7 Å². The van der Waals surface area contributed by atoms with Crippen LogP contribution in [0.2, 0.25) is 0 Å². The summed E-state index contributed by atoms with van der Waals surface area (Å²) in [6, 6.07) is 9.54. The summed E-state index contributed by atoms with van der Waals surface area (Å²) in [5, 5.41) is 7.82. The van der Waals surface area contributed by atoms with E-state index < -0.39 is 11.4 Å². The number of Topliss-reactive ketones (excluding diaryl/α,β-unsaturated/α-hetero) is 1. The van der Waals surface area contributed by atoms with Crippen molar-refractivity contribution < 1.29 is 14.4 Å². The molecule has 1 unspecified atom stereocenters. The Hall–Kier alpha value is -2.79. The zero-order valence-corrected chi connectivity index (χ0v) is 18.1. The molecular formula is C25H27NO3S. The number of hydrogen-bond donors (Lipinski definition) is 0. The monoisotopic (exact) mass is 421 g/mol. The Morgan fingerprint density at radius 2 is 2.03 bits per heavy atom. The maximum atomic E-state index is 12.8. The molecule has 0 saturated heterocycles. The first-order chi connectivity index (χ1) is 14.7. The molecule has 0 aliphatic heterocycles. The van der Waals surface area contributed by atoms with Crippen LogP contribution in [-0.4, -0.2) is 18.0 Å². The molecule has 1 aromatic carbocycles. The average Bonchev–Trinajstić information content (AvgIpc) is 3.33. The lowest BCUT2D eigenvalue weighted by Gasteiger charge is -2.32. The fraction of sp³-hybridized carbons (Fsp3) is 0.320. The molecule has 0 spiro atoms. The van der Waals surface area contributed by atoms with Gasteiger partial charge >= 0.3 is 5.97 Å². The molecule has 0 bridgehead atoms. The molecule has 1 aromatic heterocycles. The minimum Gasteiger partial charge on any atom is -0.313 e. The number of benzene rings is 1. The first-order valence-electron chi connectivity index (χ1n) is 10.4. The third kappa shape index (κ3) is 5.22. The number of allylic oxidation sites excluding steroid dienone is 4. The Bertz CT molecular complexity index is 943. The largest absolute Gasteiger partial charge is 0.366 e. The van der Waals surface area contributed by atoms with E-state index in [4.69, 9.17) is 4.84 Å². The topological polar surface area (TPSA) is 55.7 Å². The molecule has 1 atom stereocenters. The van der Waals surface area contributed by atoms with Crippen LogP contribution in [0.15, 0.2) is 70.6 Å². The van der Waals surface area contributed by atoms with Gasteiger partial charge < -0.3 is 4.84 Å². The van der Waals surface area contributed by atoms with Crippen molar-refractivity contribution in [3.8, 4) is 0 Å². The van der Waals surface area contributed by atoms with Gasteiger partial charge in [-0.3, -0.25) is 4.79 Å². The smallest absolute Gasteiger partial charge is 0.313 e. The molecule has 156 valence electrons. The normalized spacial score (nSPS) is 18.0. The van der Waals surface area contributed by atoms with E-state index in [9.17, 15) is 9.59 Å². The van der Waals surface area contributed by atoms with E-state index in [-0.39, 0.29) is 5.78 Å². The van der Waals surface area contributed by atoms with E-state index in [0.717, 1.165) is 49.4 Å². The van der Waals surface area contributed by atoms with Crippen molar-refractivity contribution in [1.29, 1.82) is 0 Å². The molecule has 5 heteroatoms. The van der Waals surface area contributed by atoms with Gasteiger partial charge in [-0.2, -0.15) is 11.3 Å². The van der Waals surface area contributed by atoms with Crippen molar-refractivity contribution in [1.82, 2.24) is 0 Å².